The van der Waals surface area contributed by atoms with E-state index >= 15 is 0 Å². The summed E-state index contributed by atoms with van der Waals surface area (Å²) in [4.78, 5) is 16.9. The predicted molar refractivity (Wildman–Crippen MR) is 92.0 cm³/mol. The maximum Gasteiger partial charge on any atom is 0.244 e. The lowest BCUT2D eigenvalue weighted by Gasteiger charge is -2.15. The molecule has 5 nitrogen and oxygen atoms in total. The summed E-state index contributed by atoms with van der Waals surface area (Å²) in [6, 6.07) is 7.34. The standard InChI is InChI=1S/C17H20N2O3S/c1-12(22-15-6-4-14(21-3)5-7-15)10-19-17(20)9-8-16-11-18-13(2)23-16/h4-9,11-12H,10H2,1-3H3,(H,19,20)/b9-8-/t12-/m1/s1. The molecule has 0 spiro atoms. The monoisotopic (exact) mass is 332 g/mol. The van der Waals surface area contributed by atoms with Crippen LogP contribution in [0.15, 0.2) is 36.5 Å². The molecular weight excluding hydrogens is 312 g/mol. The zero-order valence-corrected chi connectivity index (χ0v) is 14.2. The summed E-state index contributed by atoms with van der Waals surface area (Å²) < 4.78 is 10.8. The zero-order valence-electron chi connectivity index (χ0n) is 13.4. The van der Waals surface area contributed by atoms with E-state index in [4.69, 9.17) is 9.47 Å². The van der Waals surface area contributed by atoms with Gasteiger partial charge in [-0.15, -0.1) is 11.3 Å². The van der Waals surface area contributed by atoms with E-state index in [0.717, 1.165) is 21.4 Å². The van der Waals surface area contributed by atoms with Crippen molar-refractivity contribution in [1.82, 2.24) is 10.3 Å². The number of methoxy groups -OCH3 is 1. The summed E-state index contributed by atoms with van der Waals surface area (Å²) in [6.45, 7) is 4.26. The van der Waals surface area contributed by atoms with Crippen LogP contribution in [-0.4, -0.2) is 30.6 Å². The van der Waals surface area contributed by atoms with Crippen LogP contribution in [0.25, 0.3) is 6.08 Å². The molecule has 23 heavy (non-hydrogen) atoms. The lowest BCUT2D eigenvalue weighted by molar-refractivity contribution is -0.116. The Hall–Kier alpha value is -2.34. The molecule has 0 fully saturated rings. The van der Waals surface area contributed by atoms with Crippen LogP contribution in [0.2, 0.25) is 0 Å². The topological polar surface area (TPSA) is 60.5 Å². The van der Waals surface area contributed by atoms with Gasteiger partial charge in [0.2, 0.25) is 5.91 Å². The minimum atomic E-state index is -0.152. The average molecular weight is 332 g/mol. The Bertz CT molecular complexity index is 665. The van der Waals surface area contributed by atoms with Gasteiger partial charge in [-0.25, -0.2) is 4.98 Å². The van der Waals surface area contributed by atoms with Crippen LogP contribution in [0.4, 0.5) is 0 Å². The van der Waals surface area contributed by atoms with Crippen molar-refractivity contribution in [3.05, 3.63) is 46.4 Å². The van der Waals surface area contributed by atoms with E-state index in [9.17, 15) is 4.79 Å². The molecule has 2 aromatic rings. The normalized spacial score (nSPS) is 12.1. The first-order valence-corrected chi connectivity index (χ1v) is 8.07. The second-order valence-electron chi connectivity index (χ2n) is 4.96. The summed E-state index contributed by atoms with van der Waals surface area (Å²) in [5, 5.41) is 3.79. The minimum absolute atomic E-state index is 0.133. The Morgan fingerprint density at radius 2 is 2.04 bits per heavy atom. The van der Waals surface area contributed by atoms with Gasteiger partial charge in [0.15, 0.2) is 0 Å². The third-order valence-corrected chi connectivity index (χ3v) is 3.88. The van der Waals surface area contributed by atoms with Crippen LogP contribution in [-0.2, 0) is 4.79 Å². The third-order valence-electron chi connectivity index (χ3n) is 3.00. The number of ether oxygens (including phenoxy) is 2. The largest absolute Gasteiger partial charge is 0.497 e. The van der Waals surface area contributed by atoms with Crippen LogP contribution in [0.1, 0.15) is 16.8 Å². The van der Waals surface area contributed by atoms with Crippen molar-refractivity contribution in [2.75, 3.05) is 13.7 Å². The van der Waals surface area contributed by atoms with Gasteiger partial charge in [-0.2, -0.15) is 0 Å². The lowest BCUT2D eigenvalue weighted by Crippen LogP contribution is -2.32. The van der Waals surface area contributed by atoms with Crippen molar-refractivity contribution in [2.24, 2.45) is 0 Å². The number of carbonyl (C=O) groups is 1. The fourth-order valence-electron chi connectivity index (χ4n) is 1.84. The number of nitrogens with one attached hydrogen (secondary N) is 1. The van der Waals surface area contributed by atoms with Gasteiger partial charge in [-0.3, -0.25) is 4.79 Å². The van der Waals surface area contributed by atoms with Gasteiger partial charge >= 0.3 is 0 Å². The second kappa shape index (κ2) is 8.33. The molecule has 0 aliphatic heterocycles. The Labute approximate surface area is 140 Å². The lowest BCUT2D eigenvalue weighted by atomic mass is 10.3. The molecule has 0 unspecified atom stereocenters. The number of hydrogen-bond donors (Lipinski definition) is 1. The van der Waals surface area contributed by atoms with Crippen LogP contribution < -0.4 is 14.8 Å². The summed E-state index contributed by atoms with van der Waals surface area (Å²) in [6.07, 6.45) is 4.88. The van der Waals surface area contributed by atoms with Crippen LogP contribution in [0.5, 0.6) is 11.5 Å². The summed E-state index contributed by atoms with van der Waals surface area (Å²) in [7, 11) is 1.62. The van der Waals surface area contributed by atoms with Crippen molar-refractivity contribution >= 4 is 23.3 Å². The molecule has 2 rings (SSSR count). The van der Waals surface area contributed by atoms with E-state index in [2.05, 4.69) is 10.3 Å². The highest BCUT2D eigenvalue weighted by Gasteiger charge is 2.06. The highest BCUT2D eigenvalue weighted by atomic mass is 32.1. The fraction of sp³-hybridized carbons (Fsp3) is 0.294. The van der Waals surface area contributed by atoms with Gasteiger partial charge in [-0.1, -0.05) is 0 Å². The van der Waals surface area contributed by atoms with E-state index in [1.165, 1.54) is 6.08 Å². The number of benzene rings is 1. The maximum absolute atomic E-state index is 11.8. The first-order valence-electron chi connectivity index (χ1n) is 7.26. The number of hydrogen-bond acceptors (Lipinski definition) is 5. The summed E-state index contributed by atoms with van der Waals surface area (Å²) in [5.74, 6) is 1.37. The van der Waals surface area contributed by atoms with Crippen LogP contribution >= 0.6 is 11.3 Å². The zero-order chi connectivity index (χ0) is 16.7. The fourth-order valence-corrected chi connectivity index (χ4v) is 2.53. The number of aryl methyl sites for hydroxylation is 1. The van der Waals surface area contributed by atoms with Crippen molar-refractivity contribution in [1.29, 1.82) is 0 Å². The molecule has 1 amide bonds. The highest BCUT2D eigenvalue weighted by Crippen LogP contribution is 2.18. The van der Waals surface area contributed by atoms with Gasteiger partial charge in [0, 0.05) is 17.2 Å². The third kappa shape index (κ3) is 5.75. The van der Waals surface area contributed by atoms with Gasteiger partial charge < -0.3 is 14.8 Å². The van der Waals surface area contributed by atoms with Crippen molar-refractivity contribution < 1.29 is 14.3 Å². The van der Waals surface area contributed by atoms with E-state index in [1.54, 1.807) is 30.7 Å². The van der Waals surface area contributed by atoms with Gasteiger partial charge in [0.05, 0.1) is 18.7 Å². The molecule has 1 atom stereocenters. The second-order valence-corrected chi connectivity index (χ2v) is 6.23. The molecule has 1 aromatic heterocycles. The molecule has 1 aromatic carbocycles. The molecule has 0 aliphatic rings. The molecule has 6 heteroatoms. The number of nitrogens with zero attached hydrogens (tertiary/aromatic N) is 1. The molecule has 0 aliphatic carbocycles. The Morgan fingerprint density at radius 1 is 1.35 bits per heavy atom. The van der Waals surface area contributed by atoms with Gasteiger partial charge in [0.1, 0.15) is 17.6 Å². The first kappa shape index (κ1) is 17.0. The molecule has 0 saturated carbocycles. The van der Waals surface area contributed by atoms with Crippen molar-refractivity contribution in [2.45, 2.75) is 20.0 Å². The predicted octanol–water partition coefficient (Wildman–Crippen LogP) is 3.06. The summed E-state index contributed by atoms with van der Waals surface area (Å²) >= 11 is 1.55. The van der Waals surface area contributed by atoms with E-state index < -0.39 is 0 Å². The van der Waals surface area contributed by atoms with Crippen molar-refractivity contribution in [3.8, 4) is 11.5 Å². The highest BCUT2D eigenvalue weighted by molar-refractivity contribution is 7.12. The molecular formula is C17H20N2O3S. The molecule has 0 bridgehead atoms. The van der Waals surface area contributed by atoms with E-state index in [0.29, 0.717) is 6.54 Å². The molecule has 0 radical (unpaired) electrons. The Kier molecular flexibility index (Phi) is 6.17. The maximum atomic E-state index is 11.8. The molecule has 1 heterocycles. The van der Waals surface area contributed by atoms with Gasteiger partial charge in [-0.05, 0) is 44.2 Å². The first-order chi connectivity index (χ1) is 11.1. The van der Waals surface area contributed by atoms with E-state index in [-0.39, 0.29) is 12.0 Å². The van der Waals surface area contributed by atoms with Crippen LogP contribution in [0, 0.1) is 6.92 Å². The Morgan fingerprint density at radius 3 is 2.65 bits per heavy atom. The molecule has 122 valence electrons. The average Bonchev–Trinajstić information content (AvgIpc) is 2.97. The minimum Gasteiger partial charge on any atom is -0.497 e. The molecule has 1 N–H and O–H groups in total. The number of amides is 1. The van der Waals surface area contributed by atoms with Gasteiger partial charge in [0.25, 0.3) is 0 Å². The van der Waals surface area contributed by atoms with E-state index in [1.807, 2.05) is 38.1 Å². The number of thiazole rings is 1. The summed E-state index contributed by atoms with van der Waals surface area (Å²) in [5.41, 5.74) is 0. The van der Waals surface area contributed by atoms with Crippen LogP contribution in [0.3, 0.4) is 0 Å². The number of aromatic nitrogens is 1. The SMILES string of the molecule is COc1ccc(O[C@H](C)CNC(=O)/C=C\c2cnc(C)s2)cc1. The number of rotatable bonds is 7. The Balaban J connectivity index is 1.75. The quantitative estimate of drug-likeness (QED) is 0.792. The number of carbonyl (C=O) groups excluding carboxylic acids is 1. The van der Waals surface area contributed by atoms with Crippen molar-refractivity contribution in [3.63, 3.8) is 0 Å². The molecule has 0 saturated heterocycles. The smallest absolute Gasteiger partial charge is 0.244 e.